The summed E-state index contributed by atoms with van der Waals surface area (Å²) in [5.41, 5.74) is 8.90. The molecule has 0 fully saturated rings. The molecule has 1 aliphatic carbocycles. The number of fused-ring (bicyclic) bond motifs is 1. The van der Waals surface area contributed by atoms with Crippen molar-refractivity contribution in [3.8, 4) is 0 Å². The average molecular weight is 409 g/mol. The minimum atomic E-state index is -0.150. The lowest BCUT2D eigenvalue weighted by molar-refractivity contribution is -0.116. The molecular formula is C28H28N2O. The Hall–Kier alpha value is -3.33. The van der Waals surface area contributed by atoms with E-state index in [1.54, 1.807) is 0 Å². The van der Waals surface area contributed by atoms with Crippen LogP contribution >= 0.6 is 0 Å². The summed E-state index contributed by atoms with van der Waals surface area (Å²) < 4.78 is 0. The molecule has 0 aromatic heterocycles. The predicted octanol–water partition coefficient (Wildman–Crippen LogP) is 6.54. The van der Waals surface area contributed by atoms with E-state index in [0.29, 0.717) is 6.42 Å². The topological polar surface area (TPSA) is 41.1 Å². The molecule has 0 amide bonds. The van der Waals surface area contributed by atoms with Crippen LogP contribution in [0.15, 0.2) is 84.1 Å². The molecule has 2 atom stereocenters. The normalized spacial score (nSPS) is 20.3. The number of para-hydroxylation sites is 2. The zero-order valence-corrected chi connectivity index (χ0v) is 18.1. The molecule has 0 radical (unpaired) electrons. The maximum absolute atomic E-state index is 13.6. The Morgan fingerprint density at radius 1 is 0.839 bits per heavy atom. The first-order valence-electron chi connectivity index (χ1n) is 11.2. The molecule has 2 aliphatic rings. The SMILES string of the molecule is CCc1ccc([C@H]2Nc3ccccc3NC3=C2C(=O)C[C@H](c2ccc(C)cc2)C3)cc1. The highest BCUT2D eigenvalue weighted by molar-refractivity contribution is 6.01. The van der Waals surface area contributed by atoms with Gasteiger partial charge in [0, 0.05) is 17.7 Å². The van der Waals surface area contributed by atoms with Crippen LogP contribution in [0.4, 0.5) is 11.4 Å². The zero-order chi connectivity index (χ0) is 21.4. The van der Waals surface area contributed by atoms with Crippen molar-refractivity contribution in [3.05, 3.63) is 106 Å². The monoisotopic (exact) mass is 408 g/mol. The van der Waals surface area contributed by atoms with Gasteiger partial charge in [-0.15, -0.1) is 0 Å². The van der Waals surface area contributed by atoms with E-state index in [0.717, 1.165) is 41.1 Å². The lowest BCUT2D eigenvalue weighted by Gasteiger charge is -2.30. The van der Waals surface area contributed by atoms with Gasteiger partial charge in [-0.25, -0.2) is 0 Å². The third kappa shape index (κ3) is 3.76. The number of aryl methyl sites for hydroxylation is 2. The molecule has 1 aliphatic heterocycles. The largest absolute Gasteiger partial charge is 0.372 e. The lowest BCUT2D eigenvalue weighted by Crippen LogP contribution is -2.26. The van der Waals surface area contributed by atoms with Crippen LogP contribution < -0.4 is 10.6 Å². The standard InChI is InChI=1S/C28H28N2O/c1-3-19-10-14-21(15-11-19)28-27-25(29-23-6-4-5-7-24(23)30-28)16-22(17-26(27)31)20-12-8-18(2)9-13-20/h4-15,22,28-30H,3,16-17H2,1-2H3/t22-,28-/m1/s1. The lowest BCUT2D eigenvalue weighted by atomic mass is 9.78. The molecule has 0 spiro atoms. The number of carbonyl (C=O) groups excluding carboxylic acids is 1. The Morgan fingerprint density at radius 2 is 1.52 bits per heavy atom. The van der Waals surface area contributed by atoms with Crippen LogP contribution in [-0.2, 0) is 11.2 Å². The molecule has 31 heavy (non-hydrogen) atoms. The van der Waals surface area contributed by atoms with Gasteiger partial charge in [-0.05, 0) is 54.5 Å². The summed E-state index contributed by atoms with van der Waals surface area (Å²) in [6, 6.07) is 25.4. The molecule has 0 saturated carbocycles. The van der Waals surface area contributed by atoms with E-state index >= 15 is 0 Å². The summed E-state index contributed by atoms with van der Waals surface area (Å²) in [5, 5.41) is 7.29. The van der Waals surface area contributed by atoms with Crippen LogP contribution in [0.2, 0.25) is 0 Å². The number of benzene rings is 3. The van der Waals surface area contributed by atoms with Gasteiger partial charge in [0.15, 0.2) is 5.78 Å². The van der Waals surface area contributed by atoms with Gasteiger partial charge in [0.2, 0.25) is 0 Å². The molecule has 3 aromatic rings. The fourth-order valence-electron chi connectivity index (χ4n) is 4.76. The Labute approximate surface area is 184 Å². The molecule has 1 heterocycles. The van der Waals surface area contributed by atoms with Crippen molar-refractivity contribution in [2.24, 2.45) is 0 Å². The van der Waals surface area contributed by atoms with Gasteiger partial charge < -0.3 is 10.6 Å². The van der Waals surface area contributed by atoms with Crippen molar-refractivity contribution in [2.75, 3.05) is 10.6 Å². The third-order valence-corrected chi connectivity index (χ3v) is 6.58. The number of nitrogens with one attached hydrogen (secondary N) is 2. The third-order valence-electron chi connectivity index (χ3n) is 6.58. The summed E-state index contributed by atoms with van der Waals surface area (Å²) in [5.74, 6) is 0.428. The van der Waals surface area contributed by atoms with Crippen molar-refractivity contribution in [1.82, 2.24) is 0 Å². The van der Waals surface area contributed by atoms with E-state index in [4.69, 9.17) is 0 Å². The number of Topliss-reactive ketones (excluding diaryl/α,β-unsaturated/α-hetero) is 1. The zero-order valence-electron chi connectivity index (χ0n) is 18.1. The first-order valence-corrected chi connectivity index (χ1v) is 11.2. The Bertz CT molecular complexity index is 1140. The van der Waals surface area contributed by atoms with Gasteiger partial charge in [-0.3, -0.25) is 4.79 Å². The maximum Gasteiger partial charge on any atom is 0.163 e. The van der Waals surface area contributed by atoms with Crippen LogP contribution in [0.3, 0.4) is 0 Å². The molecule has 0 bridgehead atoms. The van der Waals surface area contributed by atoms with Crippen LogP contribution in [0.25, 0.3) is 0 Å². The van der Waals surface area contributed by atoms with E-state index in [1.807, 2.05) is 12.1 Å². The van der Waals surface area contributed by atoms with Gasteiger partial charge in [0.1, 0.15) is 0 Å². The van der Waals surface area contributed by atoms with Gasteiger partial charge in [-0.2, -0.15) is 0 Å². The maximum atomic E-state index is 13.6. The number of hydrogen-bond acceptors (Lipinski definition) is 3. The van der Waals surface area contributed by atoms with Crippen molar-refractivity contribution >= 4 is 17.2 Å². The fourth-order valence-corrected chi connectivity index (χ4v) is 4.76. The van der Waals surface area contributed by atoms with Gasteiger partial charge in [-0.1, -0.05) is 73.2 Å². The van der Waals surface area contributed by atoms with Crippen LogP contribution in [0.5, 0.6) is 0 Å². The number of carbonyl (C=O) groups is 1. The number of ketones is 1. The summed E-state index contributed by atoms with van der Waals surface area (Å²) >= 11 is 0. The number of hydrogen-bond donors (Lipinski definition) is 2. The molecule has 5 rings (SSSR count). The minimum Gasteiger partial charge on any atom is -0.372 e. The number of anilines is 2. The highest BCUT2D eigenvalue weighted by atomic mass is 16.1. The van der Waals surface area contributed by atoms with E-state index in [-0.39, 0.29) is 17.7 Å². The molecule has 0 saturated heterocycles. The first kappa shape index (κ1) is 19.6. The Morgan fingerprint density at radius 3 is 2.23 bits per heavy atom. The fraction of sp³-hybridized carbons (Fsp3) is 0.250. The van der Waals surface area contributed by atoms with E-state index in [9.17, 15) is 4.79 Å². The van der Waals surface area contributed by atoms with Gasteiger partial charge in [0.25, 0.3) is 0 Å². The predicted molar refractivity (Wildman–Crippen MR) is 127 cm³/mol. The number of rotatable bonds is 3. The molecule has 3 aromatic carbocycles. The smallest absolute Gasteiger partial charge is 0.163 e. The second-order valence-electron chi connectivity index (χ2n) is 8.67. The van der Waals surface area contributed by atoms with E-state index in [1.165, 1.54) is 16.7 Å². The number of allylic oxidation sites excluding steroid dienone is 1. The average Bonchev–Trinajstić information content (AvgIpc) is 2.96. The first-order chi connectivity index (χ1) is 15.1. The quantitative estimate of drug-likeness (QED) is 0.517. The molecule has 3 heteroatoms. The Balaban J connectivity index is 1.58. The van der Waals surface area contributed by atoms with Gasteiger partial charge >= 0.3 is 0 Å². The summed E-state index contributed by atoms with van der Waals surface area (Å²) in [6.45, 7) is 4.26. The molecule has 3 nitrogen and oxygen atoms in total. The van der Waals surface area contributed by atoms with Crippen LogP contribution in [0, 0.1) is 6.92 Å². The van der Waals surface area contributed by atoms with E-state index < -0.39 is 0 Å². The molecule has 0 unspecified atom stereocenters. The second-order valence-corrected chi connectivity index (χ2v) is 8.67. The van der Waals surface area contributed by atoms with Crippen LogP contribution in [-0.4, -0.2) is 5.78 Å². The van der Waals surface area contributed by atoms with Crippen molar-refractivity contribution in [2.45, 2.75) is 45.1 Å². The van der Waals surface area contributed by atoms with Gasteiger partial charge in [0.05, 0.1) is 17.4 Å². The van der Waals surface area contributed by atoms with Crippen molar-refractivity contribution in [1.29, 1.82) is 0 Å². The highest BCUT2D eigenvalue weighted by Gasteiger charge is 2.35. The molecule has 2 N–H and O–H groups in total. The van der Waals surface area contributed by atoms with Crippen molar-refractivity contribution in [3.63, 3.8) is 0 Å². The second kappa shape index (κ2) is 8.07. The molecular weight excluding hydrogens is 380 g/mol. The highest BCUT2D eigenvalue weighted by Crippen LogP contribution is 2.44. The van der Waals surface area contributed by atoms with Crippen molar-refractivity contribution < 1.29 is 4.79 Å². The summed E-state index contributed by atoms with van der Waals surface area (Å²) in [6.07, 6.45) is 2.39. The Kier molecular flexibility index (Phi) is 5.11. The molecule has 156 valence electrons. The summed E-state index contributed by atoms with van der Waals surface area (Å²) in [4.78, 5) is 13.6. The van der Waals surface area contributed by atoms with E-state index in [2.05, 4.69) is 85.1 Å². The van der Waals surface area contributed by atoms with Crippen LogP contribution in [0.1, 0.15) is 54.0 Å². The summed E-state index contributed by atoms with van der Waals surface area (Å²) in [7, 11) is 0. The minimum absolute atomic E-state index is 0.150.